The molecule has 2 N–H and O–H groups in total. The molecule has 1 saturated heterocycles. The monoisotopic (exact) mass is 415 g/mol. The first-order valence-electron chi connectivity index (χ1n) is 9.92. The summed E-state index contributed by atoms with van der Waals surface area (Å²) in [6, 6.07) is 19.8. The van der Waals surface area contributed by atoms with Crippen molar-refractivity contribution in [1.29, 1.82) is 0 Å². The number of benzene rings is 2. The Morgan fingerprint density at radius 2 is 1.77 bits per heavy atom. The van der Waals surface area contributed by atoms with Crippen molar-refractivity contribution in [2.24, 2.45) is 0 Å². The quantitative estimate of drug-likeness (QED) is 0.470. The number of carbonyl (C=O) groups excluding carboxylic acids is 3. The number of hydrogen-bond donors (Lipinski definition) is 2. The van der Waals surface area contributed by atoms with Crippen LogP contribution in [0, 0.1) is 0 Å². The van der Waals surface area contributed by atoms with E-state index in [1.807, 2.05) is 55.5 Å². The molecule has 1 aromatic heterocycles. The first kappa shape index (κ1) is 20.2. The summed E-state index contributed by atoms with van der Waals surface area (Å²) in [6.07, 6.45) is 2.21. The summed E-state index contributed by atoms with van der Waals surface area (Å²) in [5.74, 6) is 0.0392. The Morgan fingerprint density at radius 1 is 1.03 bits per heavy atom. The van der Waals surface area contributed by atoms with Gasteiger partial charge in [-0.2, -0.15) is 0 Å². The largest absolute Gasteiger partial charge is 0.457 e. The zero-order valence-electron chi connectivity index (χ0n) is 16.9. The minimum Gasteiger partial charge on any atom is -0.457 e. The molecule has 0 aliphatic carbocycles. The van der Waals surface area contributed by atoms with Gasteiger partial charge in [-0.15, -0.1) is 0 Å². The number of amides is 4. The van der Waals surface area contributed by atoms with Gasteiger partial charge in [-0.25, -0.2) is 9.69 Å². The van der Waals surface area contributed by atoms with Gasteiger partial charge in [0.2, 0.25) is 5.91 Å². The lowest BCUT2D eigenvalue weighted by molar-refractivity contribution is -0.127. The van der Waals surface area contributed by atoms with Crippen LogP contribution < -0.4 is 10.6 Å². The molecule has 0 bridgehead atoms. The molecule has 0 radical (unpaired) electrons. The molecule has 2 aromatic carbocycles. The van der Waals surface area contributed by atoms with Gasteiger partial charge in [0.05, 0.1) is 0 Å². The van der Waals surface area contributed by atoms with E-state index in [-0.39, 0.29) is 12.2 Å². The molecule has 1 fully saturated rings. The van der Waals surface area contributed by atoms with Crippen molar-refractivity contribution in [2.75, 3.05) is 11.9 Å². The highest BCUT2D eigenvalue weighted by Crippen LogP contribution is 2.24. The molecule has 3 aromatic rings. The standard InChI is InChI=1S/C24H21N3O4/c1-2-16-8-6-7-11-19(16)25-22(28)15-27-23(29)20(26-24(27)30)14-18-12-13-21(31-18)17-9-4-3-5-10-17/h3-14H,2,15H2,1H3,(H,25,28)(H,26,30)/b20-14-. The van der Waals surface area contributed by atoms with Crippen LogP contribution in [0.25, 0.3) is 17.4 Å². The summed E-state index contributed by atoms with van der Waals surface area (Å²) in [4.78, 5) is 38.2. The number of hydrogen-bond acceptors (Lipinski definition) is 4. The highest BCUT2D eigenvalue weighted by molar-refractivity contribution is 6.15. The molecule has 0 unspecified atom stereocenters. The predicted octanol–water partition coefficient (Wildman–Crippen LogP) is 4.04. The van der Waals surface area contributed by atoms with E-state index < -0.39 is 17.8 Å². The van der Waals surface area contributed by atoms with Crippen LogP contribution in [0.3, 0.4) is 0 Å². The molecular formula is C24H21N3O4. The average Bonchev–Trinajstić information content (AvgIpc) is 3.35. The molecule has 0 spiro atoms. The van der Waals surface area contributed by atoms with E-state index in [0.717, 1.165) is 22.4 Å². The van der Waals surface area contributed by atoms with Gasteiger partial charge in [-0.05, 0) is 30.2 Å². The highest BCUT2D eigenvalue weighted by atomic mass is 16.3. The van der Waals surface area contributed by atoms with Crippen LogP contribution >= 0.6 is 0 Å². The van der Waals surface area contributed by atoms with E-state index >= 15 is 0 Å². The number of rotatable bonds is 6. The fraction of sp³-hybridized carbons (Fsp3) is 0.125. The Morgan fingerprint density at radius 3 is 2.55 bits per heavy atom. The van der Waals surface area contributed by atoms with Crippen LogP contribution in [0.2, 0.25) is 0 Å². The molecule has 0 atom stereocenters. The lowest BCUT2D eigenvalue weighted by Crippen LogP contribution is -2.38. The maximum atomic E-state index is 12.7. The molecule has 31 heavy (non-hydrogen) atoms. The molecule has 7 heteroatoms. The molecule has 4 amide bonds. The Balaban J connectivity index is 1.45. The Labute approximate surface area is 179 Å². The minimum absolute atomic E-state index is 0.0562. The van der Waals surface area contributed by atoms with Gasteiger partial charge in [0.25, 0.3) is 5.91 Å². The maximum absolute atomic E-state index is 12.7. The molecule has 2 heterocycles. The van der Waals surface area contributed by atoms with Gasteiger partial charge in [0.1, 0.15) is 23.8 Å². The van der Waals surface area contributed by atoms with Crippen molar-refractivity contribution in [1.82, 2.24) is 10.2 Å². The molecule has 7 nitrogen and oxygen atoms in total. The number of nitrogens with zero attached hydrogens (tertiary/aromatic N) is 1. The van der Waals surface area contributed by atoms with Crippen LogP contribution in [0.1, 0.15) is 18.2 Å². The zero-order valence-corrected chi connectivity index (χ0v) is 16.9. The Kier molecular flexibility index (Phi) is 5.66. The molecule has 1 aliphatic rings. The van der Waals surface area contributed by atoms with Crippen molar-refractivity contribution in [3.8, 4) is 11.3 Å². The third kappa shape index (κ3) is 4.40. The molecular weight excluding hydrogens is 394 g/mol. The fourth-order valence-electron chi connectivity index (χ4n) is 3.33. The van der Waals surface area contributed by atoms with E-state index in [1.165, 1.54) is 6.08 Å². The number of para-hydroxylation sites is 1. The smallest absolute Gasteiger partial charge is 0.329 e. The Bertz CT molecular complexity index is 1160. The third-order valence-electron chi connectivity index (χ3n) is 4.91. The third-order valence-corrected chi connectivity index (χ3v) is 4.91. The number of urea groups is 1. The van der Waals surface area contributed by atoms with E-state index in [4.69, 9.17) is 4.42 Å². The summed E-state index contributed by atoms with van der Waals surface area (Å²) in [6.45, 7) is 1.60. The van der Waals surface area contributed by atoms with Gasteiger partial charge in [-0.3, -0.25) is 9.59 Å². The van der Waals surface area contributed by atoms with Gasteiger partial charge < -0.3 is 15.1 Å². The van der Waals surface area contributed by atoms with Gasteiger partial charge in [0, 0.05) is 17.3 Å². The number of imide groups is 1. The zero-order chi connectivity index (χ0) is 21.8. The predicted molar refractivity (Wildman–Crippen MR) is 117 cm³/mol. The maximum Gasteiger partial charge on any atom is 0.329 e. The molecule has 156 valence electrons. The van der Waals surface area contributed by atoms with Crippen LogP contribution in [0.4, 0.5) is 10.5 Å². The molecule has 0 saturated carbocycles. The van der Waals surface area contributed by atoms with Crippen molar-refractivity contribution in [3.63, 3.8) is 0 Å². The SMILES string of the molecule is CCc1ccccc1NC(=O)CN1C(=O)N/C(=C\c2ccc(-c3ccccc3)o2)C1=O. The number of furan rings is 1. The van der Waals surface area contributed by atoms with Crippen LogP contribution in [0.5, 0.6) is 0 Å². The second-order valence-corrected chi connectivity index (χ2v) is 7.01. The van der Waals surface area contributed by atoms with Crippen molar-refractivity contribution in [2.45, 2.75) is 13.3 Å². The number of carbonyl (C=O) groups is 3. The van der Waals surface area contributed by atoms with E-state index in [2.05, 4.69) is 10.6 Å². The van der Waals surface area contributed by atoms with E-state index in [9.17, 15) is 14.4 Å². The van der Waals surface area contributed by atoms with Gasteiger partial charge >= 0.3 is 6.03 Å². The summed E-state index contributed by atoms with van der Waals surface area (Å²) >= 11 is 0. The Hall–Kier alpha value is -4.13. The van der Waals surface area contributed by atoms with Crippen LogP contribution in [-0.4, -0.2) is 29.3 Å². The van der Waals surface area contributed by atoms with Crippen LogP contribution in [-0.2, 0) is 16.0 Å². The summed E-state index contributed by atoms with van der Waals surface area (Å²) in [7, 11) is 0. The van der Waals surface area contributed by atoms with Crippen molar-refractivity contribution >= 4 is 29.6 Å². The lowest BCUT2D eigenvalue weighted by atomic mass is 10.1. The lowest BCUT2D eigenvalue weighted by Gasteiger charge is -2.13. The topological polar surface area (TPSA) is 91.7 Å². The summed E-state index contributed by atoms with van der Waals surface area (Å²) in [5, 5.41) is 5.27. The normalized spacial score (nSPS) is 14.7. The second-order valence-electron chi connectivity index (χ2n) is 7.01. The summed E-state index contributed by atoms with van der Waals surface area (Å²) < 4.78 is 5.76. The van der Waals surface area contributed by atoms with Crippen LogP contribution in [0.15, 0.2) is 76.8 Å². The first-order chi connectivity index (χ1) is 15.0. The molecule has 1 aliphatic heterocycles. The highest BCUT2D eigenvalue weighted by Gasteiger charge is 2.35. The molecule has 4 rings (SSSR count). The van der Waals surface area contributed by atoms with E-state index in [0.29, 0.717) is 17.2 Å². The summed E-state index contributed by atoms with van der Waals surface area (Å²) in [5.41, 5.74) is 2.60. The second kappa shape index (κ2) is 8.71. The van der Waals surface area contributed by atoms with Gasteiger partial charge in [-0.1, -0.05) is 55.5 Å². The number of aryl methyl sites for hydroxylation is 1. The minimum atomic E-state index is -0.648. The van der Waals surface area contributed by atoms with E-state index in [1.54, 1.807) is 18.2 Å². The number of nitrogens with one attached hydrogen (secondary N) is 2. The van der Waals surface area contributed by atoms with Gasteiger partial charge in [0.15, 0.2) is 0 Å². The fourth-order valence-corrected chi connectivity index (χ4v) is 3.33. The average molecular weight is 415 g/mol. The first-order valence-corrected chi connectivity index (χ1v) is 9.92. The van der Waals surface area contributed by atoms with Crippen molar-refractivity contribution in [3.05, 3.63) is 83.8 Å². The van der Waals surface area contributed by atoms with Crippen molar-refractivity contribution < 1.29 is 18.8 Å². The number of anilines is 1.